The van der Waals surface area contributed by atoms with Gasteiger partial charge in [0.1, 0.15) is 0 Å². The summed E-state index contributed by atoms with van der Waals surface area (Å²) in [7, 11) is -1.65. The van der Waals surface area contributed by atoms with Gasteiger partial charge in [0.25, 0.3) is 0 Å². The van der Waals surface area contributed by atoms with Crippen LogP contribution < -0.4 is 4.72 Å². The van der Waals surface area contributed by atoms with Crippen molar-refractivity contribution in [2.75, 3.05) is 19.5 Å². The Labute approximate surface area is 93.4 Å². The number of hydrogen-bond acceptors (Lipinski definition) is 3. The zero-order chi connectivity index (χ0) is 11.7. The summed E-state index contributed by atoms with van der Waals surface area (Å²) in [5, 5.41) is 0. The fraction of sp³-hybridized carbons (Fsp3) is 1.00. The summed E-state index contributed by atoms with van der Waals surface area (Å²) in [4.78, 5) is 0. The lowest BCUT2D eigenvalue weighted by atomic mass is 10.1. The third-order valence-corrected chi connectivity index (χ3v) is 3.64. The van der Waals surface area contributed by atoms with E-state index in [1.54, 1.807) is 0 Å². The minimum absolute atomic E-state index is 0.0263. The first-order valence-electron chi connectivity index (χ1n) is 5.50. The minimum Gasteiger partial charge on any atom is -0.384 e. The molecule has 5 heteroatoms. The van der Waals surface area contributed by atoms with Gasteiger partial charge in [-0.05, 0) is 13.3 Å². The second kappa shape index (κ2) is 8.07. The predicted octanol–water partition coefficient (Wildman–Crippen LogP) is 1.52. The summed E-state index contributed by atoms with van der Waals surface area (Å²) in [6, 6.07) is 0.0263. The van der Waals surface area contributed by atoms with E-state index in [1.807, 2.05) is 6.92 Å². The summed E-state index contributed by atoms with van der Waals surface area (Å²) >= 11 is 0. The number of methoxy groups -OCH3 is 1. The smallest absolute Gasteiger partial charge is 0.214 e. The van der Waals surface area contributed by atoms with E-state index in [9.17, 15) is 8.42 Å². The molecular formula is C10H23NO3S. The number of unbranched alkanes of at least 4 members (excludes halogenated alkanes) is 2. The molecule has 0 bridgehead atoms. The molecule has 0 aromatic heterocycles. The lowest BCUT2D eigenvalue weighted by Crippen LogP contribution is -2.35. The zero-order valence-electron chi connectivity index (χ0n) is 9.95. The Bertz CT molecular complexity index is 239. The minimum atomic E-state index is -3.16. The van der Waals surface area contributed by atoms with E-state index in [2.05, 4.69) is 11.6 Å². The van der Waals surface area contributed by atoms with Gasteiger partial charge in [-0.2, -0.15) is 0 Å². The van der Waals surface area contributed by atoms with E-state index in [0.717, 1.165) is 25.7 Å². The van der Waals surface area contributed by atoms with E-state index in [1.165, 1.54) is 7.11 Å². The van der Waals surface area contributed by atoms with Crippen LogP contribution in [0.2, 0.25) is 0 Å². The van der Waals surface area contributed by atoms with Crippen LogP contribution in [0.1, 0.15) is 39.5 Å². The molecule has 0 aromatic carbocycles. The highest BCUT2D eigenvalue weighted by Crippen LogP contribution is 2.03. The van der Waals surface area contributed by atoms with Crippen LogP contribution in [0.15, 0.2) is 0 Å². The van der Waals surface area contributed by atoms with Gasteiger partial charge in [-0.25, -0.2) is 13.1 Å². The molecule has 0 saturated carbocycles. The Hall–Kier alpha value is -0.130. The standard InChI is InChI=1S/C10H23NO3S/c1-4-5-6-7-10(2)11-15(12,13)9-8-14-3/h10-11H,4-9H2,1-3H3. The van der Waals surface area contributed by atoms with E-state index in [4.69, 9.17) is 4.74 Å². The molecule has 15 heavy (non-hydrogen) atoms. The monoisotopic (exact) mass is 237 g/mol. The van der Waals surface area contributed by atoms with Crippen molar-refractivity contribution in [1.29, 1.82) is 0 Å². The van der Waals surface area contributed by atoms with Crippen LogP contribution in [0.3, 0.4) is 0 Å². The van der Waals surface area contributed by atoms with E-state index >= 15 is 0 Å². The number of rotatable bonds is 9. The Kier molecular flexibility index (Phi) is 8.00. The Morgan fingerprint density at radius 2 is 2.00 bits per heavy atom. The lowest BCUT2D eigenvalue weighted by molar-refractivity contribution is 0.216. The van der Waals surface area contributed by atoms with Crippen molar-refractivity contribution in [2.45, 2.75) is 45.6 Å². The van der Waals surface area contributed by atoms with Crippen molar-refractivity contribution in [3.8, 4) is 0 Å². The number of ether oxygens (including phenoxy) is 1. The molecule has 0 rings (SSSR count). The van der Waals surface area contributed by atoms with Crippen molar-refractivity contribution in [2.24, 2.45) is 0 Å². The molecule has 0 aromatic rings. The van der Waals surface area contributed by atoms with Gasteiger partial charge in [-0.3, -0.25) is 0 Å². The quantitative estimate of drug-likeness (QED) is 0.619. The molecule has 0 amide bonds. The third-order valence-electron chi connectivity index (χ3n) is 2.18. The molecule has 0 fully saturated rings. The van der Waals surface area contributed by atoms with E-state index in [0.29, 0.717) is 0 Å². The summed E-state index contributed by atoms with van der Waals surface area (Å²) in [6.45, 7) is 4.28. The van der Waals surface area contributed by atoms with Crippen LogP contribution in [0.4, 0.5) is 0 Å². The molecule has 0 aliphatic carbocycles. The van der Waals surface area contributed by atoms with Crippen molar-refractivity contribution in [3.63, 3.8) is 0 Å². The molecule has 0 radical (unpaired) electrons. The van der Waals surface area contributed by atoms with Gasteiger partial charge in [0.05, 0.1) is 12.4 Å². The molecule has 92 valence electrons. The van der Waals surface area contributed by atoms with Crippen molar-refractivity contribution in [3.05, 3.63) is 0 Å². The molecule has 0 heterocycles. The van der Waals surface area contributed by atoms with Gasteiger partial charge < -0.3 is 4.74 Å². The molecule has 0 aliphatic rings. The topological polar surface area (TPSA) is 55.4 Å². The van der Waals surface area contributed by atoms with E-state index in [-0.39, 0.29) is 18.4 Å². The highest BCUT2D eigenvalue weighted by atomic mass is 32.2. The Balaban J connectivity index is 3.78. The van der Waals surface area contributed by atoms with Gasteiger partial charge in [0.2, 0.25) is 10.0 Å². The summed E-state index contributed by atoms with van der Waals surface area (Å²) in [5.74, 6) is 0.0433. The second-order valence-electron chi connectivity index (χ2n) is 3.83. The fourth-order valence-corrected chi connectivity index (χ4v) is 2.55. The third kappa shape index (κ3) is 8.84. The van der Waals surface area contributed by atoms with Crippen LogP contribution in [-0.2, 0) is 14.8 Å². The van der Waals surface area contributed by atoms with Gasteiger partial charge >= 0.3 is 0 Å². The largest absolute Gasteiger partial charge is 0.384 e. The molecule has 1 atom stereocenters. The normalized spacial score (nSPS) is 14.1. The molecule has 0 spiro atoms. The summed E-state index contributed by atoms with van der Waals surface area (Å²) in [5.41, 5.74) is 0. The Morgan fingerprint density at radius 1 is 1.33 bits per heavy atom. The molecule has 0 saturated heterocycles. The first kappa shape index (κ1) is 14.9. The first-order valence-corrected chi connectivity index (χ1v) is 7.16. The SMILES string of the molecule is CCCCCC(C)NS(=O)(=O)CCOC. The van der Waals surface area contributed by atoms with Gasteiger partial charge in [0.15, 0.2) is 0 Å². The average molecular weight is 237 g/mol. The van der Waals surface area contributed by atoms with Crippen LogP contribution in [0, 0.1) is 0 Å². The second-order valence-corrected chi connectivity index (χ2v) is 5.70. The van der Waals surface area contributed by atoms with Crippen LogP contribution in [0.5, 0.6) is 0 Å². The number of sulfonamides is 1. The van der Waals surface area contributed by atoms with Crippen LogP contribution in [-0.4, -0.2) is 33.9 Å². The van der Waals surface area contributed by atoms with Crippen molar-refractivity contribution >= 4 is 10.0 Å². The Morgan fingerprint density at radius 3 is 2.53 bits per heavy atom. The maximum atomic E-state index is 11.4. The zero-order valence-corrected chi connectivity index (χ0v) is 10.8. The van der Waals surface area contributed by atoms with E-state index < -0.39 is 10.0 Å². The maximum absolute atomic E-state index is 11.4. The van der Waals surface area contributed by atoms with Gasteiger partial charge in [-0.1, -0.05) is 26.2 Å². The molecule has 1 N–H and O–H groups in total. The maximum Gasteiger partial charge on any atom is 0.214 e. The molecule has 4 nitrogen and oxygen atoms in total. The molecular weight excluding hydrogens is 214 g/mol. The fourth-order valence-electron chi connectivity index (χ4n) is 1.32. The highest BCUT2D eigenvalue weighted by Gasteiger charge is 2.13. The van der Waals surface area contributed by atoms with Gasteiger partial charge in [0, 0.05) is 13.2 Å². The highest BCUT2D eigenvalue weighted by molar-refractivity contribution is 7.89. The number of hydrogen-bond donors (Lipinski definition) is 1. The summed E-state index contributed by atoms with van der Waals surface area (Å²) < 4.78 is 30.3. The summed E-state index contributed by atoms with van der Waals surface area (Å²) in [6.07, 6.45) is 4.29. The van der Waals surface area contributed by atoms with Crippen molar-refractivity contribution in [1.82, 2.24) is 4.72 Å². The first-order chi connectivity index (χ1) is 7.02. The average Bonchev–Trinajstić information content (AvgIpc) is 2.14. The van der Waals surface area contributed by atoms with Crippen LogP contribution >= 0.6 is 0 Å². The lowest BCUT2D eigenvalue weighted by Gasteiger charge is -2.13. The van der Waals surface area contributed by atoms with Gasteiger partial charge in [-0.15, -0.1) is 0 Å². The predicted molar refractivity (Wildman–Crippen MR) is 62.4 cm³/mol. The molecule has 1 unspecified atom stereocenters. The number of nitrogens with one attached hydrogen (secondary N) is 1. The molecule has 0 aliphatic heterocycles. The van der Waals surface area contributed by atoms with Crippen LogP contribution in [0.25, 0.3) is 0 Å². The van der Waals surface area contributed by atoms with Crippen molar-refractivity contribution < 1.29 is 13.2 Å².